The fourth-order valence-corrected chi connectivity index (χ4v) is 2.27. The third-order valence-electron chi connectivity index (χ3n) is 3.11. The van der Waals surface area contributed by atoms with Crippen molar-refractivity contribution in [3.8, 4) is 17.0 Å². The number of anilines is 1. The number of aromatic hydroxyl groups is 1. The van der Waals surface area contributed by atoms with Crippen LogP contribution in [0.15, 0.2) is 42.6 Å². The molecule has 0 aliphatic rings. The van der Waals surface area contributed by atoms with Crippen molar-refractivity contribution >= 4 is 16.5 Å². The number of hydrogen-bond donors (Lipinski definition) is 2. The zero-order valence-corrected chi connectivity index (χ0v) is 9.96. The van der Waals surface area contributed by atoms with Gasteiger partial charge in [0.15, 0.2) is 0 Å². The number of phenolic OH excluding ortho intramolecular Hbond substituents is 1. The Morgan fingerprint density at radius 1 is 1.17 bits per heavy atom. The standard InChI is InChI=1S/C14H13N3O/c1-17-14(11(15)8-16-17)13-10-5-3-2-4-9(10)6-7-12(13)18/h2-8,18H,15H2,1H3. The summed E-state index contributed by atoms with van der Waals surface area (Å²) in [5, 5.41) is 16.3. The summed E-state index contributed by atoms with van der Waals surface area (Å²) in [5.74, 6) is 0.212. The molecule has 2 aromatic carbocycles. The Morgan fingerprint density at radius 3 is 2.67 bits per heavy atom. The molecule has 0 fully saturated rings. The van der Waals surface area contributed by atoms with Gasteiger partial charge in [-0.15, -0.1) is 0 Å². The van der Waals surface area contributed by atoms with Crippen molar-refractivity contribution in [2.75, 3.05) is 5.73 Å². The highest BCUT2D eigenvalue weighted by Crippen LogP contribution is 2.38. The van der Waals surface area contributed by atoms with E-state index in [9.17, 15) is 5.11 Å². The highest BCUT2D eigenvalue weighted by Gasteiger charge is 2.15. The van der Waals surface area contributed by atoms with Crippen LogP contribution in [-0.2, 0) is 7.05 Å². The predicted octanol–water partition coefficient (Wildman–Crippen LogP) is 2.53. The van der Waals surface area contributed by atoms with Gasteiger partial charge in [-0.1, -0.05) is 30.3 Å². The van der Waals surface area contributed by atoms with Gasteiger partial charge in [0.2, 0.25) is 0 Å². The highest BCUT2D eigenvalue weighted by atomic mass is 16.3. The van der Waals surface area contributed by atoms with E-state index in [1.807, 2.05) is 37.4 Å². The summed E-state index contributed by atoms with van der Waals surface area (Å²) in [4.78, 5) is 0. The molecule has 18 heavy (non-hydrogen) atoms. The topological polar surface area (TPSA) is 64.1 Å². The molecule has 3 N–H and O–H groups in total. The number of nitrogens with two attached hydrogens (primary N) is 1. The first-order valence-electron chi connectivity index (χ1n) is 5.67. The molecule has 4 heteroatoms. The number of aryl methyl sites for hydroxylation is 1. The molecule has 3 aromatic rings. The third kappa shape index (κ3) is 1.43. The largest absolute Gasteiger partial charge is 0.507 e. The van der Waals surface area contributed by atoms with Crippen molar-refractivity contribution < 1.29 is 5.11 Å². The Hall–Kier alpha value is -2.49. The maximum Gasteiger partial charge on any atom is 0.125 e. The molecule has 0 amide bonds. The minimum atomic E-state index is 0.212. The van der Waals surface area contributed by atoms with Crippen LogP contribution in [0.3, 0.4) is 0 Å². The number of phenols is 1. The number of nitrogens with zero attached hydrogens (tertiary/aromatic N) is 2. The summed E-state index contributed by atoms with van der Waals surface area (Å²) >= 11 is 0. The van der Waals surface area contributed by atoms with Gasteiger partial charge >= 0.3 is 0 Å². The predicted molar refractivity (Wildman–Crippen MR) is 72.2 cm³/mol. The molecule has 4 nitrogen and oxygen atoms in total. The van der Waals surface area contributed by atoms with E-state index in [0.717, 1.165) is 22.0 Å². The molecule has 0 saturated carbocycles. The first kappa shape index (κ1) is 10.7. The minimum absolute atomic E-state index is 0.212. The van der Waals surface area contributed by atoms with Gasteiger partial charge in [-0.3, -0.25) is 4.68 Å². The maximum absolute atomic E-state index is 10.1. The van der Waals surface area contributed by atoms with Crippen molar-refractivity contribution in [1.82, 2.24) is 9.78 Å². The van der Waals surface area contributed by atoms with Gasteiger partial charge in [-0.05, 0) is 16.8 Å². The SMILES string of the molecule is Cn1ncc(N)c1-c1c(O)ccc2ccccc12. The van der Waals surface area contributed by atoms with E-state index in [1.54, 1.807) is 16.9 Å². The fraction of sp³-hybridized carbons (Fsp3) is 0.0714. The van der Waals surface area contributed by atoms with E-state index in [0.29, 0.717) is 5.69 Å². The number of aromatic nitrogens is 2. The van der Waals surface area contributed by atoms with Crippen molar-refractivity contribution in [2.24, 2.45) is 7.05 Å². The Kier molecular flexibility index (Phi) is 2.23. The van der Waals surface area contributed by atoms with Gasteiger partial charge in [0, 0.05) is 7.05 Å². The summed E-state index contributed by atoms with van der Waals surface area (Å²) < 4.78 is 1.68. The van der Waals surface area contributed by atoms with Crippen LogP contribution in [0.25, 0.3) is 22.0 Å². The zero-order chi connectivity index (χ0) is 12.7. The third-order valence-corrected chi connectivity index (χ3v) is 3.11. The van der Waals surface area contributed by atoms with Crippen molar-refractivity contribution in [2.45, 2.75) is 0 Å². The van der Waals surface area contributed by atoms with Crippen LogP contribution >= 0.6 is 0 Å². The van der Waals surface area contributed by atoms with Gasteiger partial charge < -0.3 is 10.8 Å². The second-order valence-corrected chi connectivity index (χ2v) is 4.25. The molecule has 0 unspecified atom stereocenters. The molecule has 3 rings (SSSR count). The molecule has 90 valence electrons. The molecule has 0 spiro atoms. The minimum Gasteiger partial charge on any atom is -0.507 e. The van der Waals surface area contributed by atoms with Crippen LogP contribution in [0.5, 0.6) is 5.75 Å². The van der Waals surface area contributed by atoms with Crippen LogP contribution in [0.1, 0.15) is 0 Å². The first-order valence-corrected chi connectivity index (χ1v) is 5.67. The highest BCUT2D eigenvalue weighted by molar-refractivity contribution is 6.01. The number of benzene rings is 2. The molecular weight excluding hydrogens is 226 g/mol. The van der Waals surface area contributed by atoms with E-state index in [-0.39, 0.29) is 5.75 Å². The summed E-state index contributed by atoms with van der Waals surface area (Å²) in [6.07, 6.45) is 1.59. The second kappa shape index (κ2) is 3.77. The van der Waals surface area contributed by atoms with Crippen LogP contribution < -0.4 is 5.73 Å². The lowest BCUT2D eigenvalue weighted by molar-refractivity contribution is 0.477. The first-order chi connectivity index (χ1) is 8.68. The molecule has 1 aromatic heterocycles. The number of fused-ring (bicyclic) bond motifs is 1. The lowest BCUT2D eigenvalue weighted by Crippen LogP contribution is -1.97. The van der Waals surface area contributed by atoms with E-state index in [1.165, 1.54) is 0 Å². The normalized spacial score (nSPS) is 10.9. The molecule has 0 aliphatic heterocycles. The lowest BCUT2D eigenvalue weighted by atomic mass is 10.0. The van der Waals surface area contributed by atoms with Gasteiger partial charge in [0.1, 0.15) is 5.75 Å². The number of rotatable bonds is 1. The summed E-state index contributed by atoms with van der Waals surface area (Å²) in [6, 6.07) is 11.5. The quantitative estimate of drug-likeness (QED) is 0.685. The van der Waals surface area contributed by atoms with Crippen LogP contribution in [0.2, 0.25) is 0 Å². The lowest BCUT2D eigenvalue weighted by Gasteiger charge is -2.10. The van der Waals surface area contributed by atoms with E-state index < -0.39 is 0 Å². The van der Waals surface area contributed by atoms with Crippen molar-refractivity contribution in [3.63, 3.8) is 0 Å². The molecule has 0 atom stereocenters. The summed E-state index contributed by atoms with van der Waals surface area (Å²) in [6.45, 7) is 0. The zero-order valence-electron chi connectivity index (χ0n) is 9.96. The smallest absolute Gasteiger partial charge is 0.125 e. The van der Waals surface area contributed by atoms with Gasteiger partial charge in [-0.2, -0.15) is 5.10 Å². The second-order valence-electron chi connectivity index (χ2n) is 4.25. The van der Waals surface area contributed by atoms with Crippen LogP contribution in [0, 0.1) is 0 Å². The Balaban J connectivity index is 2.45. The van der Waals surface area contributed by atoms with Gasteiger partial charge in [0.05, 0.1) is 23.1 Å². The Morgan fingerprint density at radius 2 is 1.94 bits per heavy atom. The fourth-order valence-electron chi connectivity index (χ4n) is 2.27. The Labute approximate surface area is 104 Å². The summed E-state index contributed by atoms with van der Waals surface area (Å²) in [7, 11) is 1.81. The molecule has 0 radical (unpaired) electrons. The Bertz CT molecular complexity index is 711. The molecular formula is C14H13N3O. The monoisotopic (exact) mass is 239 g/mol. The average molecular weight is 239 g/mol. The van der Waals surface area contributed by atoms with Crippen molar-refractivity contribution in [1.29, 1.82) is 0 Å². The van der Waals surface area contributed by atoms with Crippen molar-refractivity contribution in [3.05, 3.63) is 42.6 Å². The maximum atomic E-state index is 10.1. The molecule has 0 bridgehead atoms. The van der Waals surface area contributed by atoms with E-state index >= 15 is 0 Å². The van der Waals surface area contributed by atoms with Crippen LogP contribution in [0.4, 0.5) is 5.69 Å². The summed E-state index contributed by atoms with van der Waals surface area (Å²) in [5.41, 5.74) is 7.97. The molecule has 0 aliphatic carbocycles. The van der Waals surface area contributed by atoms with E-state index in [2.05, 4.69) is 5.10 Å². The van der Waals surface area contributed by atoms with Gasteiger partial charge in [0.25, 0.3) is 0 Å². The average Bonchev–Trinajstić information content (AvgIpc) is 2.70. The molecule has 1 heterocycles. The number of nitrogen functional groups attached to an aromatic ring is 1. The molecule has 0 saturated heterocycles. The van der Waals surface area contributed by atoms with Gasteiger partial charge in [-0.25, -0.2) is 0 Å². The van der Waals surface area contributed by atoms with E-state index in [4.69, 9.17) is 5.73 Å². The number of hydrogen-bond acceptors (Lipinski definition) is 3. The van der Waals surface area contributed by atoms with Crippen LogP contribution in [-0.4, -0.2) is 14.9 Å².